The van der Waals surface area contributed by atoms with Gasteiger partial charge in [-0.3, -0.25) is 9.69 Å². The predicted molar refractivity (Wildman–Crippen MR) is 116 cm³/mol. The summed E-state index contributed by atoms with van der Waals surface area (Å²) < 4.78 is 24.2. The molecule has 2 aromatic rings. The van der Waals surface area contributed by atoms with Gasteiger partial charge >= 0.3 is 0 Å². The van der Waals surface area contributed by atoms with Crippen LogP contribution in [-0.4, -0.2) is 63.3 Å². The number of carbonyl (C=O) groups excluding carboxylic acids is 1. The highest BCUT2D eigenvalue weighted by molar-refractivity contribution is 5.94. The molecule has 0 atom stereocenters. The molecule has 3 rings (SSSR count). The van der Waals surface area contributed by atoms with Gasteiger partial charge in [-0.1, -0.05) is 0 Å². The first-order valence-electron chi connectivity index (χ1n) is 10.5. The maximum atomic E-state index is 13.1. The van der Waals surface area contributed by atoms with Crippen molar-refractivity contribution in [3.63, 3.8) is 0 Å². The van der Waals surface area contributed by atoms with E-state index in [1.807, 2.05) is 26.0 Å². The van der Waals surface area contributed by atoms with Gasteiger partial charge in [-0.15, -0.1) is 0 Å². The van der Waals surface area contributed by atoms with Crippen LogP contribution in [0.1, 0.15) is 24.2 Å². The Morgan fingerprint density at radius 1 is 0.967 bits per heavy atom. The summed E-state index contributed by atoms with van der Waals surface area (Å²) in [5, 5.41) is 2.98. The number of anilines is 1. The second-order valence-electron chi connectivity index (χ2n) is 7.09. The lowest BCUT2D eigenvalue weighted by molar-refractivity contribution is 0.0947. The van der Waals surface area contributed by atoms with Crippen molar-refractivity contribution in [3.8, 4) is 11.5 Å². The van der Waals surface area contributed by atoms with Crippen LogP contribution in [0.5, 0.6) is 11.5 Å². The van der Waals surface area contributed by atoms with Crippen LogP contribution < -0.4 is 19.7 Å². The first-order chi connectivity index (χ1) is 14.6. The van der Waals surface area contributed by atoms with Gasteiger partial charge in [0, 0.05) is 50.5 Å². The fourth-order valence-corrected chi connectivity index (χ4v) is 3.50. The number of nitrogens with one attached hydrogen (secondary N) is 1. The second kappa shape index (κ2) is 10.8. The van der Waals surface area contributed by atoms with Crippen LogP contribution in [0.25, 0.3) is 0 Å². The molecule has 2 aromatic carbocycles. The summed E-state index contributed by atoms with van der Waals surface area (Å²) in [5.41, 5.74) is 1.60. The fourth-order valence-electron chi connectivity index (χ4n) is 3.50. The van der Waals surface area contributed by atoms with Crippen molar-refractivity contribution in [3.05, 3.63) is 53.8 Å². The number of benzene rings is 2. The van der Waals surface area contributed by atoms with Crippen molar-refractivity contribution in [2.24, 2.45) is 0 Å². The quantitative estimate of drug-likeness (QED) is 0.682. The molecule has 162 valence electrons. The van der Waals surface area contributed by atoms with Crippen LogP contribution in [0.3, 0.4) is 0 Å². The van der Waals surface area contributed by atoms with Crippen LogP contribution >= 0.6 is 0 Å². The first-order valence-corrected chi connectivity index (χ1v) is 10.5. The van der Waals surface area contributed by atoms with Crippen molar-refractivity contribution < 1.29 is 18.7 Å². The van der Waals surface area contributed by atoms with Crippen LogP contribution in [0, 0.1) is 5.82 Å². The minimum Gasteiger partial charge on any atom is -0.490 e. The van der Waals surface area contributed by atoms with Gasteiger partial charge in [0.25, 0.3) is 5.91 Å². The summed E-state index contributed by atoms with van der Waals surface area (Å²) in [6, 6.07) is 11.9. The van der Waals surface area contributed by atoms with Crippen LogP contribution in [-0.2, 0) is 0 Å². The highest BCUT2D eigenvalue weighted by atomic mass is 19.1. The van der Waals surface area contributed by atoms with Crippen LogP contribution in [0.15, 0.2) is 42.5 Å². The lowest BCUT2D eigenvalue weighted by Gasteiger charge is -2.36. The Labute approximate surface area is 177 Å². The summed E-state index contributed by atoms with van der Waals surface area (Å²) in [6.45, 7) is 9.82. The number of carbonyl (C=O) groups is 1. The fraction of sp³-hybridized carbons (Fsp3) is 0.435. The van der Waals surface area contributed by atoms with Crippen molar-refractivity contribution in [2.45, 2.75) is 13.8 Å². The Morgan fingerprint density at radius 3 is 2.30 bits per heavy atom. The van der Waals surface area contributed by atoms with Crippen LogP contribution in [0.4, 0.5) is 10.1 Å². The Morgan fingerprint density at radius 2 is 1.63 bits per heavy atom. The molecular weight excluding hydrogens is 385 g/mol. The molecule has 0 saturated carbocycles. The molecule has 7 heteroatoms. The lowest BCUT2D eigenvalue weighted by atomic mass is 10.2. The predicted octanol–water partition coefficient (Wildman–Crippen LogP) is 3.18. The number of rotatable bonds is 9. The van der Waals surface area contributed by atoms with E-state index in [0.29, 0.717) is 36.8 Å². The molecule has 1 aliphatic heterocycles. The van der Waals surface area contributed by atoms with E-state index in [0.717, 1.165) is 38.4 Å². The average Bonchev–Trinajstić information content (AvgIpc) is 2.76. The zero-order valence-electron chi connectivity index (χ0n) is 17.7. The third kappa shape index (κ3) is 5.86. The third-order valence-corrected chi connectivity index (χ3v) is 5.08. The van der Waals surface area contributed by atoms with Crippen LogP contribution in [0.2, 0.25) is 0 Å². The smallest absolute Gasteiger partial charge is 0.251 e. The van der Waals surface area contributed by atoms with E-state index in [1.54, 1.807) is 18.2 Å². The molecule has 0 aromatic heterocycles. The largest absolute Gasteiger partial charge is 0.490 e. The molecule has 30 heavy (non-hydrogen) atoms. The minimum absolute atomic E-state index is 0.121. The molecule has 0 bridgehead atoms. The van der Waals surface area contributed by atoms with E-state index in [9.17, 15) is 9.18 Å². The van der Waals surface area contributed by atoms with Crippen molar-refractivity contribution in [1.29, 1.82) is 0 Å². The van der Waals surface area contributed by atoms with Gasteiger partial charge < -0.3 is 19.7 Å². The molecule has 1 aliphatic rings. The number of nitrogens with zero attached hydrogens (tertiary/aromatic N) is 2. The summed E-state index contributed by atoms with van der Waals surface area (Å²) in [5.74, 6) is 0.900. The van der Waals surface area contributed by atoms with Gasteiger partial charge in [-0.25, -0.2) is 4.39 Å². The second-order valence-corrected chi connectivity index (χ2v) is 7.09. The topological polar surface area (TPSA) is 54.0 Å². The van der Waals surface area contributed by atoms with Crippen molar-refractivity contribution in [2.75, 3.05) is 57.4 Å². The summed E-state index contributed by atoms with van der Waals surface area (Å²) >= 11 is 0. The minimum atomic E-state index is -0.214. The standard InChI is InChI=1S/C23H30FN3O3/c1-3-29-21-10-5-18(17-22(21)30-4-2)23(28)25-11-12-26-13-15-27(16-14-26)20-8-6-19(24)7-9-20/h5-10,17H,3-4,11-16H2,1-2H3,(H,25,28). The highest BCUT2D eigenvalue weighted by Crippen LogP contribution is 2.28. The SMILES string of the molecule is CCOc1ccc(C(=O)NCCN2CCN(c3ccc(F)cc3)CC2)cc1OCC. The van der Waals surface area contributed by atoms with Gasteiger partial charge in [-0.05, 0) is 56.3 Å². The molecule has 0 radical (unpaired) electrons. The Balaban J connectivity index is 1.44. The van der Waals surface area contributed by atoms with Gasteiger partial charge in [-0.2, -0.15) is 0 Å². The van der Waals surface area contributed by atoms with E-state index in [1.165, 1.54) is 12.1 Å². The van der Waals surface area contributed by atoms with Crippen molar-refractivity contribution >= 4 is 11.6 Å². The number of hydrogen-bond acceptors (Lipinski definition) is 5. The first kappa shape index (κ1) is 21.9. The summed E-state index contributed by atoms with van der Waals surface area (Å²) in [6.07, 6.45) is 0. The summed E-state index contributed by atoms with van der Waals surface area (Å²) in [4.78, 5) is 17.1. The normalized spacial score (nSPS) is 14.4. The third-order valence-electron chi connectivity index (χ3n) is 5.08. The number of ether oxygens (including phenoxy) is 2. The van der Waals surface area contributed by atoms with E-state index in [4.69, 9.17) is 9.47 Å². The molecule has 1 saturated heterocycles. The molecule has 1 heterocycles. The zero-order chi connectivity index (χ0) is 21.3. The highest BCUT2D eigenvalue weighted by Gasteiger charge is 2.17. The number of halogens is 1. The molecule has 0 aliphatic carbocycles. The van der Waals surface area contributed by atoms with E-state index < -0.39 is 0 Å². The van der Waals surface area contributed by atoms with E-state index >= 15 is 0 Å². The Hall–Kier alpha value is -2.80. The average molecular weight is 416 g/mol. The van der Waals surface area contributed by atoms with Gasteiger partial charge in [0.1, 0.15) is 5.82 Å². The molecule has 1 amide bonds. The number of hydrogen-bond donors (Lipinski definition) is 1. The molecule has 0 unspecified atom stereocenters. The zero-order valence-corrected chi connectivity index (χ0v) is 17.7. The maximum absolute atomic E-state index is 13.1. The maximum Gasteiger partial charge on any atom is 0.251 e. The van der Waals surface area contributed by atoms with Gasteiger partial charge in [0.15, 0.2) is 11.5 Å². The number of piperazine rings is 1. The molecule has 0 spiro atoms. The van der Waals surface area contributed by atoms with Crippen molar-refractivity contribution in [1.82, 2.24) is 10.2 Å². The molecule has 6 nitrogen and oxygen atoms in total. The molecule has 1 fully saturated rings. The van der Waals surface area contributed by atoms with Gasteiger partial charge in [0.05, 0.1) is 13.2 Å². The number of amides is 1. The Bertz CT molecular complexity index is 821. The van der Waals surface area contributed by atoms with E-state index in [-0.39, 0.29) is 11.7 Å². The van der Waals surface area contributed by atoms with E-state index in [2.05, 4.69) is 15.1 Å². The monoisotopic (exact) mass is 415 g/mol. The Kier molecular flexibility index (Phi) is 7.90. The molecular formula is C23H30FN3O3. The van der Waals surface area contributed by atoms with Gasteiger partial charge in [0.2, 0.25) is 0 Å². The lowest BCUT2D eigenvalue weighted by Crippen LogP contribution is -2.48. The molecule has 1 N–H and O–H groups in total. The summed E-state index contributed by atoms with van der Waals surface area (Å²) in [7, 11) is 0.